The van der Waals surface area contributed by atoms with E-state index in [0.29, 0.717) is 0 Å². The Hall–Kier alpha value is -3.48. The Labute approximate surface area is 195 Å². The number of pyridine rings is 1. The van der Waals surface area contributed by atoms with Gasteiger partial charge in [-0.25, -0.2) is 4.99 Å². The number of rotatable bonds is 5. The highest BCUT2D eigenvalue weighted by molar-refractivity contribution is 6.08. The van der Waals surface area contributed by atoms with Crippen LogP contribution in [-0.2, 0) is 0 Å². The summed E-state index contributed by atoms with van der Waals surface area (Å²) in [5, 5.41) is 3.68. The third-order valence-corrected chi connectivity index (χ3v) is 6.33. The number of nitrogens with one attached hydrogen (secondary N) is 1. The number of aromatic nitrogens is 1. The summed E-state index contributed by atoms with van der Waals surface area (Å²) in [7, 11) is 3.81. The van der Waals surface area contributed by atoms with Crippen molar-refractivity contribution in [2.45, 2.75) is 12.3 Å². The number of aliphatic imine (C=N–C) groups is 1. The first-order valence-electron chi connectivity index (χ1n) is 11.3. The average molecular weight is 440 g/mol. The van der Waals surface area contributed by atoms with E-state index in [4.69, 9.17) is 9.73 Å². The molecule has 2 atom stereocenters. The molecule has 2 aliphatic rings. The van der Waals surface area contributed by atoms with Crippen molar-refractivity contribution in [1.29, 1.82) is 0 Å². The summed E-state index contributed by atoms with van der Waals surface area (Å²) in [4.78, 5) is 13.8. The first-order chi connectivity index (χ1) is 16.2. The zero-order chi connectivity index (χ0) is 22.6. The van der Waals surface area contributed by atoms with E-state index >= 15 is 0 Å². The van der Waals surface area contributed by atoms with Crippen molar-refractivity contribution >= 4 is 5.71 Å². The monoisotopic (exact) mass is 439 g/mol. The molecule has 2 unspecified atom stereocenters. The molecule has 0 saturated carbocycles. The fourth-order valence-corrected chi connectivity index (χ4v) is 4.54. The molecule has 3 aromatic rings. The van der Waals surface area contributed by atoms with E-state index in [0.717, 1.165) is 47.8 Å². The van der Waals surface area contributed by atoms with E-state index in [2.05, 4.69) is 69.8 Å². The van der Waals surface area contributed by atoms with Crippen molar-refractivity contribution in [1.82, 2.24) is 20.1 Å². The minimum absolute atomic E-state index is 0.0179. The van der Waals surface area contributed by atoms with Gasteiger partial charge >= 0.3 is 0 Å². The molecule has 1 N–H and O–H groups in total. The van der Waals surface area contributed by atoms with Crippen molar-refractivity contribution in [3.05, 3.63) is 96.5 Å². The number of piperazine rings is 1. The maximum atomic E-state index is 5.53. The zero-order valence-electron chi connectivity index (χ0n) is 19.1. The van der Waals surface area contributed by atoms with Gasteiger partial charge in [-0.2, -0.15) is 0 Å². The lowest BCUT2D eigenvalue weighted by molar-refractivity contribution is 0.0684. The van der Waals surface area contributed by atoms with E-state index < -0.39 is 0 Å². The molecule has 3 heterocycles. The van der Waals surface area contributed by atoms with Crippen LogP contribution in [0, 0.1) is 0 Å². The summed E-state index contributed by atoms with van der Waals surface area (Å²) in [5.74, 6) is 0.892. The van der Waals surface area contributed by atoms with E-state index in [1.807, 2.05) is 42.7 Å². The van der Waals surface area contributed by atoms with Crippen LogP contribution in [0.3, 0.4) is 0 Å². The van der Waals surface area contributed by atoms with Gasteiger partial charge in [-0.1, -0.05) is 42.5 Å². The minimum Gasteiger partial charge on any atom is -0.496 e. The van der Waals surface area contributed by atoms with E-state index in [1.54, 1.807) is 7.11 Å². The van der Waals surface area contributed by atoms with E-state index in [-0.39, 0.29) is 12.3 Å². The molecule has 168 valence electrons. The summed E-state index contributed by atoms with van der Waals surface area (Å²) >= 11 is 0. The first-order valence-corrected chi connectivity index (χ1v) is 11.3. The van der Waals surface area contributed by atoms with Gasteiger partial charge in [0.1, 0.15) is 5.75 Å². The highest BCUT2D eigenvalue weighted by atomic mass is 16.5. The molecular weight excluding hydrogens is 410 g/mol. The molecule has 1 fully saturated rings. The average Bonchev–Trinajstić information content (AvgIpc) is 2.89. The molecule has 6 nitrogen and oxygen atoms in total. The Morgan fingerprint density at radius 2 is 1.76 bits per heavy atom. The number of ether oxygens (including phenoxy) is 1. The molecule has 0 radical (unpaired) electrons. The second-order valence-corrected chi connectivity index (χ2v) is 8.40. The zero-order valence-corrected chi connectivity index (χ0v) is 19.1. The normalized spacial score (nSPS) is 21.0. The molecule has 0 spiro atoms. The summed E-state index contributed by atoms with van der Waals surface area (Å²) in [6, 6.07) is 21.2. The standard InChI is InChI=1S/C27H29N5O/c1-31-17-13-24(22-11-14-28-15-12-22)30-27(31)32-18-16-29-25(19-32)21-9-7-20(8-10-21)23-5-3-4-6-26(23)33-2/h3-15,17,25,27,29H,16,18-19H2,1-2H3. The van der Waals surface area contributed by atoms with Crippen LogP contribution in [0.25, 0.3) is 11.1 Å². The van der Waals surface area contributed by atoms with Crippen molar-refractivity contribution in [3.63, 3.8) is 0 Å². The lowest BCUT2D eigenvalue weighted by Crippen LogP contribution is -2.54. The molecule has 5 rings (SSSR count). The topological polar surface area (TPSA) is 53.0 Å². The van der Waals surface area contributed by atoms with Gasteiger partial charge in [-0.3, -0.25) is 9.88 Å². The van der Waals surface area contributed by atoms with Crippen LogP contribution in [0.2, 0.25) is 0 Å². The van der Waals surface area contributed by atoms with Crippen molar-refractivity contribution in [3.8, 4) is 16.9 Å². The van der Waals surface area contributed by atoms with Crippen LogP contribution in [0.4, 0.5) is 0 Å². The van der Waals surface area contributed by atoms with Crippen LogP contribution in [0.1, 0.15) is 17.2 Å². The predicted octanol–water partition coefficient (Wildman–Crippen LogP) is 3.94. The Balaban J connectivity index is 1.33. The van der Waals surface area contributed by atoms with Gasteiger partial charge in [0.25, 0.3) is 0 Å². The van der Waals surface area contributed by atoms with Crippen LogP contribution >= 0.6 is 0 Å². The van der Waals surface area contributed by atoms with Gasteiger partial charge in [0.05, 0.1) is 12.8 Å². The van der Waals surface area contributed by atoms with Gasteiger partial charge in [0, 0.05) is 62.4 Å². The quantitative estimate of drug-likeness (QED) is 0.653. The summed E-state index contributed by atoms with van der Waals surface area (Å²) in [6.45, 7) is 2.77. The Morgan fingerprint density at radius 3 is 2.55 bits per heavy atom. The third-order valence-electron chi connectivity index (χ3n) is 6.33. The molecule has 1 aromatic heterocycles. The lowest BCUT2D eigenvalue weighted by Gasteiger charge is -2.41. The number of nitrogens with zero attached hydrogens (tertiary/aromatic N) is 4. The van der Waals surface area contributed by atoms with Gasteiger partial charge in [0.15, 0.2) is 6.29 Å². The summed E-state index contributed by atoms with van der Waals surface area (Å²) < 4.78 is 5.53. The summed E-state index contributed by atoms with van der Waals surface area (Å²) in [6.07, 6.45) is 7.80. The Morgan fingerprint density at radius 1 is 0.970 bits per heavy atom. The molecule has 1 saturated heterocycles. The molecule has 2 aromatic carbocycles. The van der Waals surface area contributed by atoms with Gasteiger partial charge in [0.2, 0.25) is 0 Å². The largest absolute Gasteiger partial charge is 0.496 e. The minimum atomic E-state index is -0.0179. The molecule has 2 aliphatic heterocycles. The van der Waals surface area contributed by atoms with Crippen LogP contribution in [0.5, 0.6) is 5.75 Å². The lowest BCUT2D eigenvalue weighted by atomic mass is 9.99. The van der Waals surface area contributed by atoms with E-state index in [9.17, 15) is 0 Å². The molecule has 6 heteroatoms. The highest BCUT2D eigenvalue weighted by Gasteiger charge is 2.29. The van der Waals surface area contributed by atoms with Gasteiger partial charge in [-0.15, -0.1) is 0 Å². The van der Waals surface area contributed by atoms with Crippen LogP contribution in [-0.4, -0.2) is 60.6 Å². The van der Waals surface area contributed by atoms with Gasteiger partial charge in [-0.05, 0) is 35.4 Å². The van der Waals surface area contributed by atoms with Crippen molar-refractivity contribution in [2.24, 2.45) is 4.99 Å². The maximum Gasteiger partial charge on any atom is 0.178 e. The van der Waals surface area contributed by atoms with Crippen LogP contribution < -0.4 is 10.1 Å². The first kappa shape index (κ1) is 21.4. The Kier molecular flexibility index (Phi) is 6.19. The molecule has 0 aliphatic carbocycles. The second kappa shape index (κ2) is 9.57. The van der Waals surface area contributed by atoms with E-state index in [1.165, 1.54) is 5.56 Å². The second-order valence-electron chi connectivity index (χ2n) is 8.40. The third kappa shape index (κ3) is 4.53. The van der Waals surface area contributed by atoms with Crippen LogP contribution in [0.15, 0.2) is 90.3 Å². The number of hydrogen-bond donors (Lipinski definition) is 1. The van der Waals surface area contributed by atoms with Crippen molar-refractivity contribution < 1.29 is 4.74 Å². The number of benzene rings is 2. The Bertz CT molecular complexity index is 1140. The predicted molar refractivity (Wildman–Crippen MR) is 132 cm³/mol. The number of allylic oxidation sites excluding steroid dienone is 1. The fraction of sp³-hybridized carbons (Fsp3) is 0.259. The SMILES string of the molecule is COc1ccccc1-c1ccc(C2CN(C3N=C(c4ccncc4)C=CN3C)CCN2)cc1. The summed E-state index contributed by atoms with van der Waals surface area (Å²) in [5.41, 5.74) is 5.64. The molecule has 33 heavy (non-hydrogen) atoms. The molecular formula is C27H29N5O. The molecule has 0 bridgehead atoms. The number of methoxy groups -OCH3 is 1. The highest BCUT2D eigenvalue weighted by Crippen LogP contribution is 2.31. The van der Waals surface area contributed by atoms with Crippen molar-refractivity contribution in [2.75, 3.05) is 33.8 Å². The number of para-hydroxylation sites is 1. The van der Waals surface area contributed by atoms with Gasteiger partial charge < -0.3 is 15.0 Å². The maximum absolute atomic E-state index is 5.53. The number of hydrogen-bond acceptors (Lipinski definition) is 6. The molecule has 0 amide bonds. The fourth-order valence-electron chi connectivity index (χ4n) is 4.54. The smallest absolute Gasteiger partial charge is 0.178 e.